The van der Waals surface area contributed by atoms with Crippen molar-refractivity contribution in [2.24, 2.45) is 0 Å². The van der Waals surface area contributed by atoms with E-state index in [1.165, 1.54) is 0 Å². The lowest BCUT2D eigenvalue weighted by molar-refractivity contribution is 0.0957. The molecule has 10 heteroatoms. The van der Waals surface area contributed by atoms with Crippen molar-refractivity contribution in [1.82, 2.24) is 15.1 Å². The van der Waals surface area contributed by atoms with Crippen LogP contribution in [0, 0.1) is 0 Å². The lowest BCUT2D eigenvalue weighted by Gasteiger charge is -2.09. The van der Waals surface area contributed by atoms with Crippen LogP contribution in [0.25, 0.3) is 16.6 Å². The Morgan fingerprint density at radius 2 is 2.00 bits per heavy atom. The Hall–Kier alpha value is -2.17. The molecule has 1 heterocycles. The number of nitrogens with one attached hydrogen (secondary N) is 2. The number of carbonyl (C=O) groups is 1. The number of nitrogens with zero attached hydrogens (tertiary/aromatic N) is 2. The zero-order valence-electron chi connectivity index (χ0n) is 15.3. The molecule has 4 rings (SSSR count). The molecule has 1 aliphatic rings. The Morgan fingerprint density at radius 3 is 2.59 bits per heavy atom. The second-order valence-corrected chi connectivity index (χ2v) is 8.83. The highest BCUT2D eigenvalue weighted by atomic mass is 79.9. The second-order valence-electron chi connectivity index (χ2n) is 6.72. The van der Waals surface area contributed by atoms with Crippen LogP contribution in [0.3, 0.4) is 0 Å². The average Bonchev–Trinajstić information content (AvgIpc) is 3.48. The van der Waals surface area contributed by atoms with Crippen molar-refractivity contribution < 1.29 is 18.1 Å². The topological polar surface area (TPSA) is 79.2 Å². The molecule has 1 unspecified atom stereocenters. The fourth-order valence-electron chi connectivity index (χ4n) is 3.23. The third-order valence-corrected chi connectivity index (χ3v) is 6.05. The first-order chi connectivity index (χ1) is 13.9. The van der Waals surface area contributed by atoms with Crippen LogP contribution in [-0.2, 0) is 11.4 Å². The number of hydrogen-bond donors (Lipinski definition) is 3. The van der Waals surface area contributed by atoms with E-state index in [2.05, 4.69) is 31.1 Å². The number of aromatic nitrogens is 2. The molecule has 0 aliphatic heterocycles. The van der Waals surface area contributed by atoms with E-state index in [1.54, 1.807) is 17.8 Å². The first-order valence-electron chi connectivity index (χ1n) is 8.90. The van der Waals surface area contributed by atoms with Gasteiger partial charge in [-0.05, 0) is 60.7 Å². The molecule has 152 valence electrons. The third kappa shape index (κ3) is 3.96. The number of amides is 1. The lowest BCUT2D eigenvalue weighted by atomic mass is 10.0. The summed E-state index contributed by atoms with van der Waals surface area (Å²) >= 11 is 1.12. The van der Waals surface area contributed by atoms with Gasteiger partial charge in [0.05, 0.1) is 16.9 Å². The fraction of sp³-hybridized carbons (Fsp3) is 0.263. The molecule has 1 aromatic heterocycles. The maximum Gasteiger partial charge on any atom is 0.457 e. The van der Waals surface area contributed by atoms with Crippen molar-refractivity contribution in [1.29, 1.82) is 0 Å². The highest BCUT2D eigenvalue weighted by Gasteiger charge is 2.35. The minimum Gasteiger partial charge on any atom is -0.354 e. The molecular weight excluding hydrogens is 466 g/mol. The zero-order chi connectivity index (χ0) is 20.7. The summed E-state index contributed by atoms with van der Waals surface area (Å²) in [5, 5.41) is 7.83. The van der Waals surface area contributed by atoms with Crippen molar-refractivity contribution >= 4 is 49.8 Å². The van der Waals surface area contributed by atoms with Crippen LogP contribution >= 0.6 is 15.9 Å². The van der Waals surface area contributed by atoms with Gasteiger partial charge in [-0.25, -0.2) is 4.68 Å². The van der Waals surface area contributed by atoms with Crippen LogP contribution in [0.15, 0.2) is 40.9 Å². The van der Waals surface area contributed by atoms with Gasteiger partial charge in [-0.3, -0.25) is 4.79 Å². The summed E-state index contributed by atoms with van der Waals surface area (Å²) in [7, 11) is 1.55. The van der Waals surface area contributed by atoms with Crippen molar-refractivity contribution in [2.45, 2.75) is 24.5 Å². The van der Waals surface area contributed by atoms with Crippen LogP contribution in [-0.4, -0.2) is 33.0 Å². The van der Waals surface area contributed by atoms with Crippen molar-refractivity contribution in [3.05, 3.63) is 52.1 Å². The summed E-state index contributed by atoms with van der Waals surface area (Å²) in [6, 6.07) is 10.8. The summed E-state index contributed by atoms with van der Waals surface area (Å²) in [6.07, 6.45) is 1.87. The molecule has 1 saturated carbocycles. The van der Waals surface area contributed by atoms with Crippen molar-refractivity contribution in [3.8, 4) is 5.69 Å². The molecule has 1 amide bonds. The van der Waals surface area contributed by atoms with E-state index in [4.69, 9.17) is 0 Å². The van der Waals surface area contributed by atoms with E-state index in [0.29, 0.717) is 28.0 Å². The first-order valence-corrected chi connectivity index (χ1v) is 10.9. The fourth-order valence-corrected chi connectivity index (χ4v) is 3.99. The largest absolute Gasteiger partial charge is 0.457 e. The molecule has 2 aromatic carbocycles. The Bertz CT molecular complexity index is 1070. The van der Waals surface area contributed by atoms with Gasteiger partial charge in [0, 0.05) is 16.9 Å². The quantitative estimate of drug-likeness (QED) is 0.445. The predicted octanol–water partition coefficient (Wildman–Crippen LogP) is 4.67. The third-order valence-electron chi connectivity index (χ3n) is 4.76. The number of fused-ring (bicyclic) bond motifs is 1. The monoisotopic (exact) mass is 483 g/mol. The molecule has 1 aliphatic carbocycles. The number of carbonyl (C=O) groups excluding carboxylic acids is 1. The lowest BCUT2D eigenvalue weighted by Crippen LogP contribution is -2.22. The highest BCUT2D eigenvalue weighted by molar-refractivity contribution is 9.10. The maximum absolute atomic E-state index is 12.9. The van der Waals surface area contributed by atoms with Gasteiger partial charge in [-0.2, -0.15) is 23.2 Å². The standard InChI is InChI=1S/C19H17BrF2N4O2S/c1-23-18(27)17-14-8-13(10-2-3-10)16(25-29(28)19(21)22)9-15(14)24-26(17)12-6-4-11(20)5-7-12/h4-10,19,28H,2-3H2,1H3,(H-,23,24,25,27)/p+1. The van der Waals surface area contributed by atoms with Crippen molar-refractivity contribution in [3.63, 3.8) is 0 Å². The van der Waals surface area contributed by atoms with Gasteiger partial charge in [-0.1, -0.05) is 15.9 Å². The summed E-state index contributed by atoms with van der Waals surface area (Å²) in [6.45, 7) is 0. The minimum atomic E-state index is -2.89. The van der Waals surface area contributed by atoms with Crippen molar-refractivity contribution in [2.75, 3.05) is 11.8 Å². The molecule has 6 nitrogen and oxygen atoms in total. The molecule has 0 bridgehead atoms. The van der Waals surface area contributed by atoms with Gasteiger partial charge < -0.3 is 5.32 Å². The molecule has 0 saturated heterocycles. The molecule has 29 heavy (non-hydrogen) atoms. The molecule has 0 spiro atoms. The van der Waals surface area contributed by atoms with E-state index >= 15 is 0 Å². The zero-order valence-corrected chi connectivity index (χ0v) is 17.7. The molecule has 1 fully saturated rings. The first kappa shape index (κ1) is 20.1. The number of anilines is 1. The van der Waals surface area contributed by atoms with Crippen LogP contribution in [0.2, 0.25) is 0 Å². The van der Waals surface area contributed by atoms with E-state index in [0.717, 1.165) is 22.9 Å². The molecular formula is C19H18BrF2N4O2S+. The predicted molar refractivity (Wildman–Crippen MR) is 114 cm³/mol. The maximum atomic E-state index is 12.9. The number of benzene rings is 2. The molecule has 1 atom stereocenters. The Kier molecular flexibility index (Phi) is 5.50. The van der Waals surface area contributed by atoms with E-state index in [-0.39, 0.29) is 11.8 Å². The summed E-state index contributed by atoms with van der Waals surface area (Å²) in [5.41, 5.74) is 2.78. The second kappa shape index (κ2) is 7.92. The Labute approximate surface area is 177 Å². The van der Waals surface area contributed by atoms with Crippen LogP contribution in [0.5, 0.6) is 0 Å². The van der Waals surface area contributed by atoms with Gasteiger partial charge in [0.2, 0.25) is 0 Å². The normalized spacial score (nSPS) is 15.0. The van der Waals surface area contributed by atoms with Crippen LogP contribution in [0.1, 0.15) is 34.8 Å². The van der Waals surface area contributed by atoms with Gasteiger partial charge in [0.1, 0.15) is 5.69 Å². The van der Waals surface area contributed by atoms with Crippen LogP contribution < -0.4 is 10.0 Å². The molecule has 3 N–H and O–H groups in total. The highest BCUT2D eigenvalue weighted by Crippen LogP contribution is 2.45. The van der Waals surface area contributed by atoms with E-state index in [9.17, 15) is 18.1 Å². The van der Waals surface area contributed by atoms with E-state index < -0.39 is 17.1 Å². The van der Waals surface area contributed by atoms with Gasteiger partial charge in [-0.15, -0.1) is 0 Å². The average molecular weight is 484 g/mol. The molecule has 0 radical (unpaired) electrons. The Balaban J connectivity index is 1.90. The SMILES string of the molecule is CNC(=O)c1c2cc(C3CC3)c(N[S+](O)C(F)F)cc2nn1-c1ccc(Br)cc1. The Morgan fingerprint density at radius 1 is 1.31 bits per heavy atom. The molecule has 3 aromatic rings. The van der Waals surface area contributed by atoms with Gasteiger partial charge >= 0.3 is 17.1 Å². The van der Waals surface area contributed by atoms with E-state index in [1.807, 2.05) is 30.3 Å². The summed E-state index contributed by atoms with van der Waals surface area (Å²) in [4.78, 5) is 12.7. The number of alkyl halides is 2. The van der Waals surface area contributed by atoms with Gasteiger partial charge in [0.25, 0.3) is 5.91 Å². The number of halogens is 3. The minimum absolute atomic E-state index is 0.213. The number of hydrogen-bond acceptors (Lipinski definition) is 4. The number of rotatable bonds is 6. The smallest absolute Gasteiger partial charge is 0.354 e. The summed E-state index contributed by atoms with van der Waals surface area (Å²) in [5.74, 6) is -2.97. The summed E-state index contributed by atoms with van der Waals surface area (Å²) < 4.78 is 40.3. The van der Waals surface area contributed by atoms with Crippen LogP contribution in [0.4, 0.5) is 14.5 Å². The van der Waals surface area contributed by atoms with Gasteiger partial charge in [0.15, 0.2) is 0 Å².